The summed E-state index contributed by atoms with van der Waals surface area (Å²) in [6, 6.07) is 14.7. The molecule has 0 fully saturated rings. The molecule has 1 aliphatic heterocycles. The first-order valence-electron chi connectivity index (χ1n) is 8.52. The fourth-order valence-corrected chi connectivity index (χ4v) is 3.07. The van der Waals surface area contributed by atoms with E-state index in [1.807, 2.05) is 18.2 Å². The summed E-state index contributed by atoms with van der Waals surface area (Å²) in [6.45, 7) is 1.18. The molecule has 136 valence electrons. The summed E-state index contributed by atoms with van der Waals surface area (Å²) in [5.74, 6) is -1.72. The molecule has 4 rings (SSSR count). The second-order valence-electron chi connectivity index (χ2n) is 6.30. The molecule has 0 atom stereocenters. The van der Waals surface area contributed by atoms with Gasteiger partial charge in [0.15, 0.2) is 23.1 Å². The molecule has 0 radical (unpaired) electrons. The molecule has 0 unspecified atom stereocenters. The molecule has 1 N–H and O–H groups in total. The number of hydrogen-bond donors (Lipinski definition) is 1. The van der Waals surface area contributed by atoms with Crippen molar-refractivity contribution in [2.75, 3.05) is 11.9 Å². The molecule has 1 aromatic heterocycles. The lowest BCUT2D eigenvalue weighted by molar-refractivity contribution is 0.0727. The Kier molecular flexibility index (Phi) is 4.50. The van der Waals surface area contributed by atoms with E-state index in [1.165, 1.54) is 11.6 Å². The first kappa shape index (κ1) is 17.1. The van der Waals surface area contributed by atoms with Gasteiger partial charge in [0.25, 0.3) is 5.91 Å². The molecule has 7 heteroatoms. The van der Waals surface area contributed by atoms with Crippen LogP contribution < -0.4 is 5.32 Å². The van der Waals surface area contributed by atoms with Crippen LogP contribution in [0, 0.1) is 11.6 Å². The molecule has 2 aromatic carbocycles. The number of hydrogen-bond acceptors (Lipinski definition) is 4. The minimum absolute atomic E-state index is 0.184. The van der Waals surface area contributed by atoms with Crippen LogP contribution in [0.3, 0.4) is 0 Å². The van der Waals surface area contributed by atoms with Crippen molar-refractivity contribution >= 4 is 17.4 Å². The van der Waals surface area contributed by atoms with Gasteiger partial charge in [0.2, 0.25) is 0 Å². The van der Waals surface area contributed by atoms with E-state index in [0.29, 0.717) is 24.6 Å². The lowest BCUT2D eigenvalue weighted by Gasteiger charge is -2.28. The number of rotatable bonds is 3. The molecule has 27 heavy (non-hydrogen) atoms. The predicted octanol–water partition coefficient (Wildman–Crippen LogP) is 3.70. The number of nitrogens with one attached hydrogen (secondary N) is 1. The van der Waals surface area contributed by atoms with Crippen molar-refractivity contribution < 1.29 is 13.6 Å². The normalized spacial score (nSPS) is 13.2. The second-order valence-corrected chi connectivity index (χ2v) is 6.30. The van der Waals surface area contributed by atoms with Crippen LogP contribution in [0.2, 0.25) is 0 Å². The fourth-order valence-electron chi connectivity index (χ4n) is 3.07. The van der Waals surface area contributed by atoms with Crippen molar-refractivity contribution in [2.24, 2.45) is 0 Å². The van der Waals surface area contributed by atoms with E-state index in [9.17, 15) is 13.6 Å². The minimum Gasteiger partial charge on any atom is -0.339 e. The molecule has 1 amide bonds. The Labute approximate surface area is 154 Å². The standard InChI is InChI=1S/C20H16F2N4O/c21-16-6-5-15(11-17(16)22)23-19-8-7-18(24-25-19)20(27)26-10-9-13-3-1-2-4-14(13)12-26/h1-8,11H,9-10,12H2,(H,23,25). The van der Waals surface area contributed by atoms with E-state index in [0.717, 1.165) is 24.1 Å². The number of aromatic nitrogens is 2. The first-order chi connectivity index (χ1) is 13.1. The number of benzene rings is 2. The largest absolute Gasteiger partial charge is 0.339 e. The average molecular weight is 366 g/mol. The fraction of sp³-hybridized carbons (Fsp3) is 0.150. The third kappa shape index (κ3) is 3.62. The number of nitrogens with zero attached hydrogens (tertiary/aromatic N) is 3. The highest BCUT2D eigenvalue weighted by atomic mass is 19.2. The van der Waals surface area contributed by atoms with Gasteiger partial charge in [-0.15, -0.1) is 10.2 Å². The quantitative estimate of drug-likeness (QED) is 0.768. The van der Waals surface area contributed by atoms with Crippen molar-refractivity contribution in [1.82, 2.24) is 15.1 Å². The molecule has 0 saturated carbocycles. The molecule has 0 aliphatic carbocycles. The van der Waals surface area contributed by atoms with E-state index in [2.05, 4.69) is 21.6 Å². The maximum Gasteiger partial charge on any atom is 0.274 e. The van der Waals surface area contributed by atoms with Crippen molar-refractivity contribution in [3.63, 3.8) is 0 Å². The van der Waals surface area contributed by atoms with Crippen LogP contribution in [0.15, 0.2) is 54.6 Å². The van der Waals surface area contributed by atoms with Gasteiger partial charge in [0.1, 0.15) is 0 Å². The maximum atomic E-state index is 13.3. The minimum atomic E-state index is -0.954. The van der Waals surface area contributed by atoms with Crippen LogP contribution in [0.5, 0.6) is 0 Å². The molecule has 2 heterocycles. The lowest BCUT2D eigenvalue weighted by Crippen LogP contribution is -2.36. The predicted molar refractivity (Wildman–Crippen MR) is 96.6 cm³/mol. The Morgan fingerprint density at radius 1 is 0.963 bits per heavy atom. The van der Waals surface area contributed by atoms with Gasteiger partial charge in [0.05, 0.1) is 0 Å². The van der Waals surface area contributed by atoms with E-state index in [4.69, 9.17) is 0 Å². The van der Waals surface area contributed by atoms with Crippen molar-refractivity contribution in [2.45, 2.75) is 13.0 Å². The third-order valence-corrected chi connectivity index (χ3v) is 4.49. The van der Waals surface area contributed by atoms with Crippen molar-refractivity contribution in [1.29, 1.82) is 0 Å². The zero-order valence-corrected chi connectivity index (χ0v) is 14.3. The number of fused-ring (bicyclic) bond motifs is 1. The number of anilines is 2. The highest BCUT2D eigenvalue weighted by Gasteiger charge is 2.22. The average Bonchev–Trinajstić information content (AvgIpc) is 2.70. The number of amides is 1. The van der Waals surface area contributed by atoms with E-state index < -0.39 is 11.6 Å². The smallest absolute Gasteiger partial charge is 0.274 e. The van der Waals surface area contributed by atoms with E-state index in [1.54, 1.807) is 17.0 Å². The number of carbonyl (C=O) groups is 1. The Hall–Kier alpha value is -3.35. The van der Waals surface area contributed by atoms with Crippen LogP contribution in [0.25, 0.3) is 0 Å². The van der Waals surface area contributed by atoms with Gasteiger partial charge < -0.3 is 10.2 Å². The first-order valence-corrected chi connectivity index (χ1v) is 8.52. The van der Waals surface area contributed by atoms with Crippen LogP contribution in [0.1, 0.15) is 21.6 Å². The Morgan fingerprint density at radius 3 is 2.52 bits per heavy atom. The number of carbonyl (C=O) groups excluding carboxylic acids is 1. The zero-order valence-electron chi connectivity index (χ0n) is 14.3. The molecule has 0 bridgehead atoms. The van der Waals surface area contributed by atoms with E-state index >= 15 is 0 Å². The van der Waals surface area contributed by atoms with Gasteiger partial charge in [-0.2, -0.15) is 0 Å². The highest BCUT2D eigenvalue weighted by Crippen LogP contribution is 2.21. The zero-order chi connectivity index (χ0) is 18.8. The van der Waals surface area contributed by atoms with Crippen LogP contribution >= 0.6 is 0 Å². The van der Waals surface area contributed by atoms with Crippen LogP contribution in [0.4, 0.5) is 20.3 Å². The molecular weight excluding hydrogens is 350 g/mol. The maximum absolute atomic E-state index is 13.3. The van der Waals surface area contributed by atoms with Gasteiger partial charge >= 0.3 is 0 Å². The van der Waals surface area contributed by atoms with Crippen LogP contribution in [-0.4, -0.2) is 27.5 Å². The van der Waals surface area contributed by atoms with Gasteiger partial charge in [-0.05, 0) is 41.8 Å². The Balaban J connectivity index is 1.46. The van der Waals surface area contributed by atoms with Gasteiger partial charge in [-0.25, -0.2) is 8.78 Å². The Morgan fingerprint density at radius 2 is 1.78 bits per heavy atom. The topological polar surface area (TPSA) is 58.1 Å². The molecule has 1 aliphatic rings. The highest BCUT2D eigenvalue weighted by molar-refractivity contribution is 5.92. The summed E-state index contributed by atoms with van der Waals surface area (Å²) >= 11 is 0. The van der Waals surface area contributed by atoms with Gasteiger partial charge in [-0.1, -0.05) is 24.3 Å². The SMILES string of the molecule is O=C(c1ccc(Nc2ccc(F)c(F)c2)nn1)N1CCc2ccccc2C1. The van der Waals surface area contributed by atoms with Gasteiger partial charge in [-0.3, -0.25) is 4.79 Å². The molecule has 5 nitrogen and oxygen atoms in total. The van der Waals surface area contributed by atoms with Crippen molar-refractivity contribution in [3.8, 4) is 0 Å². The van der Waals surface area contributed by atoms with E-state index in [-0.39, 0.29) is 11.6 Å². The Bertz CT molecular complexity index is 992. The monoisotopic (exact) mass is 366 g/mol. The second kappa shape index (κ2) is 7.11. The molecule has 3 aromatic rings. The summed E-state index contributed by atoms with van der Waals surface area (Å²) in [6.07, 6.45) is 0.811. The lowest BCUT2D eigenvalue weighted by atomic mass is 10.00. The number of halogens is 2. The molecule has 0 spiro atoms. The molecule has 0 saturated heterocycles. The summed E-state index contributed by atoms with van der Waals surface area (Å²) in [5.41, 5.74) is 2.99. The van der Waals surface area contributed by atoms with Gasteiger partial charge in [0, 0.05) is 24.8 Å². The van der Waals surface area contributed by atoms with Crippen LogP contribution in [-0.2, 0) is 13.0 Å². The summed E-state index contributed by atoms with van der Waals surface area (Å²) in [4.78, 5) is 14.4. The van der Waals surface area contributed by atoms with Crippen molar-refractivity contribution in [3.05, 3.63) is 83.1 Å². The summed E-state index contributed by atoms with van der Waals surface area (Å²) in [7, 11) is 0. The molecular formula is C20H16F2N4O. The summed E-state index contributed by atoms with van der Waals surface area (Å²) < 4.78 is 26.2. The third-order valence-electron chi connectivity index (χ3n) is 4.49. The summed E-state index contributed by atoms with van der Waals surface area (Å²) in [5, 5.41) is 10.8.